The summed E-state index contributed by atoms with van der Waals surface area (Å²) < 4.78 is 62.1. The van der Waals surface area contributed by atoms with Crippen LogP contribution in [0.5, 0.6) is 5.75 Å². The number of carboxylic acid groups (broad SMARTS) is 2. The van der Waals surface area contributed by atoms with Gasteiger partial charge in [-0.3, -0.25) is 0 Å². The number of benzene rings is 3. The zero-order valence-corrected chi connectivity index (χ0v) is 21.3. The molecule has 5 rings (SSSR count). The topological polar surface area (TPSA) is 115 Å². The summed E-state index contributed by atoms with van der Waals surface area (Å²) in [5.41, 5.74) is 0.0255. The highest BCUT2D eigenvalue weighted by atomic mass is 19.4. The van der Waals surface area contributed by atoms with Gasteiger partial charge in [0.15, 0.2) is 17.2 Å². The number of halogens is 4. The molecule has 2 heterocycles. The van der Waals surface area contributed by atoms with E-state index >= 15 is 0 Å². The van der Waals surface area contributed by atoms with Gasteiger partial charge in [0, 0.05) is 17.2 Å². The van der Waals surface area contributed by atoms with Gasteiger partial charge in [-0.25, -0.2) is 23.6 Å². The SMILES string of the molecule is O=C(O)c1ccc(-c2ccc(COc3ccccc3-c3cccc(-n4nc(C(=O)O)cc4C(F)(F)F)n3)c(F)c2)cc1. The molecule has 2 N–H and O–H groups in total. The van der Waals surface area contributed by atoms with E-state index < -0.39 is 35.3 Å². The zero-order chi connectivity index (χ0) is 30.0. The van der Waals surface area contributed by atoms with Gasteiger partial charge in [0.05, 0.1) is 11.3 Å². The maximum atomic E-state index is 15.0. The van der Waals surface area contributed by atoms with Crippen molar-refractivity contribution in [1.29, 1.82) is 0 Å². The van der Waals surface area contributed by atoms with Crippen LogP contribution in [0.25, 0.3) is 28.2 Å². The normalized spacial score (nSPS) is 11.3. The van der Waals surface area contributed by atoms with Crippen LogP contribution in [-0.2, 0) is 12.8 Å². The van der Waals surface area contributed by atoms with Gasteiger partial charge < -0.3 is 14.9 Å². The molecule has 0 aliphatic carbocycles. The van der Waals surface area contributed by atoms with Crippen molar-refractivity contribution in [2.75, 3.05) is 0 Å². The first kappa shape index (κ1) is 28.0. The number of para-hydroxylation sites is 1. The highest BCUT2D eigenvalue weighted by molar-refractivity contribution is 5.88. The van der Waals surface area contributed by atoms with Crippen LogP contribution < -0.4 is 4.74 Å². The number of pyridine rings is 1. The number of aromatic nitrogens is 3. The lowest BCUT2D eigenvalue weighted by Gasteiger charge is -2.14. The third-order valence-electron chi connectivity index (χ3n) is 6.23. The molecule has 0 radical (unpaired) electrons. The van der Waals surface area contributed by atoms with Crippen molar-refractivity contribution in [1.82, 2.24) is 14.8 Å². The highest BCUT2D eigenvalue weighted by Crippen LogP contribution is 2.33. The zero-order valence-electron chi connectivity index (χ0n) is 21.3. The standard InChI is InChI=1S/C30H19F4N3O5/c31-22-14-19(17-8-10-18(11-9-17)28(38)39)12-13-20(22)16-42-25-6-2-1-4-21(25)23-5-3-7-27(35-23)37-26(30(32,33)34)15-24(36-37)29(40)41/h1-15H,16H2,(H,38,39)(H,40,41). The maximum Gasteiger partial charge on any atom is 0.433 e. The van der Waals surface area contributed by atoms with E-state index in [1.807, 2.05) is 0 Å². The predicted molar refractivity (Wildman–Crippen MR) is 142 cm³/mol. The van der Waals surface area contributed by atoms with Crippen molar-refractivity contribution in [3.05, 3.63) is 119 Å². The quantitative estimate of drug-likeness (QED) is 0.197. The number of nitrogens with zero attached hydrogens (tertiary/aromatic N) is 3. The van der Waals surface area contributed by atoms with E-state index in [1.54, 1.807) is 42.5 Å². The lowest BCUT2D eigenvalue weighted by Crippen LogP contribution is -2.14. The van der Waals surface area contributed by atoms with Crippen molar-refractivity contribution in [3.63, 3.8) is 0 Å². The van der Waals surface area contributed by atoms with Crippen LogP contribution in [0.1, 0.15) is 32.1 Å². The van der Waals surface area contributed by atoms with E-state index in [2.05, 4.69) is 10.1 Å². The minimum atomic E-state index is -4.89. The van der Waals surface area contributed by atoms with Crippen LogP contribution in [0.4, 0.5) is 17.6 Å². The molecule has 0 spiro atoms. The number of carbonyl (C=O) groups is 2. The number of alkyl halides is 3. The maximum absolute atomic E-state index is 15.0. The molecule has 42 heavy (non-hydrogen) atoms. The first-order valence-corrected chi connectivity index (χ1v) is 12.2. The van der Waals surface area contributed by atoms with Gasteiger partial charge in [0.2, 0.25) is 0 Å². The van der Waals surface area contributed by atoms with E-state index in [9.17, 15) is 27.2 Å². The smallest absolute Gasteiger partial charge is 0.433 e. The summed E-state index contributed by atoms with van der Waals surface area (Å²) in [5, 5.41) is 21.8. The molecule has 0 saturated carbocycles. The first-order chi connectivity index (χ1) is 20.0. The molecule has 0 unspecified atom stereocenters. The largest absolute Gasteiger partial charge is 0.488 e. The summed E-state index contributed by atoms with van der Waals surface area (Å²) in [6.45, 7) is -0.180. The molecule has 212 valence electrons. The molecule has 5 aromatic rings. The Hall–Kier alpha value is -5.52. The molecular weight excluding hydrogens is 558 g/mol. The van der Waals surface area contributed by atoms with Crippen molar-refractivity contribution in [3.8, 4) is 34.0 Å². The van der Waals surface area contributed by atoms with Crippen molar-refractivity contribution in [2.45, 2.75) is 12.8 Å². The molecular formula is C30H19F4N3O5. The second-order valence-corrected chi connectivity index (χ2v) is 8.98. The fourth-order valence-electron chi connectivity index (χ4n) is 4.16. The number of ether oxygens (including phenoxy) is 1. The second kappa shape index (κ2) is 11.2. The molecule has 0 atom stereocenters. The van der Waals surface area contributed by atoms with Gasteiger partial charge in [-0.15, -0.1) is 0 Å². The van der Waals surface area contributed by atoms with E-state index in [0.29, 0.717) is 27.4 Å². The molecule has 0 aliphatic heterocycles. The van der Waals surface area contributed by atoms with Gasteiger partial charge in [0.1, 0.15) is 18.2 Å². The van der Waals surface area contributed by atoms with Crippen LogP contribution in [-0.4, -0.2) is 36.9 Å². The minimum Gasteiger partial charge on any atom is -0.488 e. The second-order valence-electron chi connectivity index (χ2n) is 8.98. The number of rotatable bonds is 8. The third kappa shape index (κ3) is 5.82. The van der Waals surface area contributed by atoms with E-state index in [1.165, 1.54) is 42.5 Å². The molecule has 0 fully saturated rings. The monoisotopic (exact) mass is 577 g/mol. The Kier molecular flexibility index (Phi) is 7.45. The Morgan fingerprint density at radius 2 is 1.55 bits per heavy atom. The van der Waals surface area contributed by atoms with Crippen molar-refractivity contribution < 1.29 is 42.1 Å². The number of hydrogen-bond acceptors (Lipinski definition) is 5. The molecule has 8 nitrogen and oxygen atoms in total. The Morgan fingerprint density at radius 1 is 0.833 bits per heavy atom. The number of carboxylic acids is 2. The molecule has 0 aliphatic rings. The number of hydrogen-bond donors (Lipinski definition) is 2. The highest BCUT2D eigenvalue weighted by Gasteiger charge is 2.37. The van der Waals surface area contributed by atoms with Crippen LogP contribution in [0.3, 0.4) is 0 Å². The molecule has 3 aromatic carbocycles. The Balaban J connectivity index is 1.40. The minimum absolute atomic E-state index is 0.110. The Bertz CT molecular complexity index is 1800. The summed E-state index contributed by atoms with van der Waals surface area (Å²) in [4.78, 5) is 26.6. The van der Waals surface area contributed by atoms with E-state index in [4.69, 9.17) is 14.9 Å². The first-order valence-electron chi connectivity index (χ1n) is 12.2. The van der Waals surface area contributed by atoms with Gasteiger partial charge >= 0.3 is 18.1 Å². The predicted octanol–water partition coefficient (Wildman–Crippen LogP) is 6.73. The molecule has 0 amide bonds. The fourth-order valence-corrected chi connectivity index (χ4v) is 4.16. The number of aromatic carboxylic acids is 2. The lowest BCUT2D eigenvalue weighted by atomic mass is 10.0. The van der Waals surface area contributed by atoms with Crippen molar-refractivity contribution >= 4 is 11.9 Å². The Morgan fingerprint density at radius 3 is 2.21 bits per heavy atom. The molecule has 0 saturated heterocycles. The summed E-state index contributed by atoms with van der Waals surface area (Å²) in [5.74, 6) is -3.23. The van der Waals surface area contributed by atoms with Gasteiger partial charge in [0.25, 0.3) is 0 Å². The summed E-state index contributed by atoms with van der Waals surface area (Å²) >= 11 is 0. The van der Waals surface area contributed by atoms with E-state index in [-0.39, 0.29) is 35.0 Å². The Labute approximate surface area is 235 Å². The van der Waals surface area contributed by atoms with E-state index in [0.717, 1.165) is 0 Å². The summed E-state index contributed by atoms with van der Waals surface area (Å²) in [6, 6.07) is 21.7. The van der Waals surface area contributed by atoms with Crippen LogP contribution in [0.15, 0.2) is 91.0 Å². The van der Waals surface area contributed by atoms with Gasteiger partial charge in [-0.1, -0.05) is 42.5 Å². The van der Waals surface area contributed by atoms with Crippen LogP contribution in [0.2, 0.25) is 0 Å². The van der Waals surface area contributed by atoms with Gasteiger partial charge in [-0.05, 0) is 53.6 Å². The fraction of sp³-hybridized carbons (Fsp3) is 0.0667. The van der Waals surface area contributed by atoms with Gasteiger partial charge in [-0.2, -0.15) is 18.3 Å². The average Bonchev–Trinajstić information content (AvgIpc) is 3.44. The third-order valence-corrected chi connectivity index (χ3v) is 6.23. The summed E-state index contributed by atoms with van der Waals surface area (Å²) in [6.07, 6.45) is -4.89. The molecule has 2 aromatic heterocycles. The average molecular weight is 577 g/mol. The molecule has 12 heteroatoms. The molecule has 0 bridgehead atoms. The van der Waals surface area contributed by atoms with Crippen LogP contribution >= 0.6 is 0 Å². The summed E-state index contributed by atoms with van der Waals surface area (Å²) in [7, 11) is 0. The van der Waals surface area contributed by atoms with Crippen molar-refractivity contribution in [2.24, 2.45) is 0 Å². The lowest BCUT2D eigenvalue weighted by molar-refractivity contribution is -0.142. The van der Waals surface area contributed by atoms with Crippen LogP contribution in [0, 0.1) is 5.82 Å².